The summed E-state index contributed by atoms with van der Waals surface area (Å²) in [5, 5.41) is 0. The van der Waals surface area contributed by atoms with Gasteiger partial charge >= 0.3 is 39.1 Å². The van der Waals surface area contributed by atoms with E-state index in [-0.39, 0.29) is 42.7 Å². The van der Waals surface area contributed by atoms with Gasteiger partial charge in [0.25, 0.3) is 5.97 Å². The van der Waals surface area contributed by atoms with E-state index in [0.717, 1.165) is 0 Å². The Balaban J connectivity index is 0. The number of carbonyl (C=O) groups is 1. The second kappa shape index (κ2) is 17.5. The summed E-state index contributed by atoms with van der Waals surface area (Å²) in [5.74, 6) is -0.759. The van der Waals surface area contributed by atoms with Crippen LogP contribution < -0.4 is 0 Å². The average molecular weight is 570 g/mol. The first-order valence-corrected chi connectivity index (χ1v) is 20.1. The third kappa shape index (κ3) is 13.9. The molecule has 11 nitrogen and oxygen atoms in total. The highest BCUT2D eigenvalue weighted by molar-refractivity contribution is 7.61. The van der Waals surface area contributed by atoms with Crippen molar-refractivity contribution in [2.75, 3.05) is 43.1 Å². The van der Waals surface area contributed by atoms with Crippen LogP contribution in [0.15, 0.2) is 0 Å². The van der Waals surface area contributed by atoms with Gasteiger partial charge in [0.15, 0.2) is 28.3 Å². The number of rotatable bonds is 18. The lowest BCUT2D eigenvalue weighted by Crippen LogP contribution is -2.29. The Morgan fingerprint density at radius 2 is 1.22 bits per heavy atom. The Morgan fingerprint density at radius 3 is 1.59 bits per heavy atom. The Hall–Kier alpha value is 1.12. The summed E-state index contributed by atoms with van der Waals surface area (Å²) in [7, 11) is -11.1. The average Bonchev–Trinajstić information content (AvgIpc) is 2.77. The minimum atomic E-state index is -3.30. The van der Waals surface area contributed by atoms with Crippen LogP contribution in [0.5, 0.6) is 0 Å². The molecule has 0 amide bonds. The lowest BCUT2D eigenvalue weighted by molar-refractivity contribution is -0.136. The van der Waals surface area contributed by atoms with Crippen LogP contribution in [0.4, 0.5) is 0 Å². The molecule has 0 aromatic heterocycles. The summed E-state index contributed by atoms with van der Waals surface area (Å²) < 4.78 is 76.1. The smallest absolute Gasteiger partial charge is 0.572 e. The van der Waals surface area contributed by atoms with Gasteiger partial charge in [-0.25, -0.2) is 0 Å². The fourth-order valence-electron chi connectivity index (χ4n) is 2.04. The maximum atomic E-state index is 12.7. The van der Waals surface area contributed by atoms with Gasteiger partial charge in [-0.1, -0.05) is 41.5 Å². The summed E-state index contributed by atoms with van der Waals surface area (Å²) in [4.78, 5) is 12.2. The summed E-state index contributed by atoms with van der Waals surface area (Å²) in [6.07, 6.45) is 1.29. The van der Waals surface area contributed by atoms with Crippen LogP contribution in [0.1, 0.15) is 48.0 Å². The molecule has 0 fully saturated rings. The zero-order chi connectivity index (χ0) is 24.1. The molecule has 2 N–H and O–H groups in total. The molecule has 0 heterocycles. The van der Waals surface area contributed by atoms with E-state index < -0.39 is 67.1 Å². The van der Waals surface area contributed by atoms with Crippen molar-refractivity contribution in [2.24, 2.45) is 0 Å². The van der Waals surface area contributed by atoms with Crippen molar-refractivity contribution in [3.05, 3.63) is 0 Å². The van der Waals surface area contributed by atoms with Crippen LogP contribution in [-0.2, 0) is 41.1 Å². The SMILES string of the molecule is CCP(=O)(CC)[O][Al][O][P+](=O)CCC(=O)[O][Al]([O]P(=O)(CC)CC)[O]P(=O)(CC)CC.O. The lowest BCUT2D eigenvalue weighted by atomic mass is 10.5. The molecule has 0 spiro atoms. The topological polar surface area (TPSA) is 163 Å². The zero-order valence-electron chi connectivity index (χ0n) is 19.7. The predicted molar refractivity (Wildman–Crippen MR) is 129 cm³/mol. The van der Waals surface area contributed by atoms with Crippen molar-refractivity contribution in [2.45, 2.75) is 48.0 Å². The van der Waals surface area contributed by atoms with Gasteiger partial charge < -0.3 is 20.0 Å². The molecule has 1 atom stereocenters. The third-order valence-electron chi connectivity index (χ3n) is 4.57. The van der Waals surface area contributed by atoms with Gasteiger partial charge in [-0.05, 0) is 4.57 Å². The van der Waals surface area contributed by atoms with E-state index in [2.05, 4.69) is 0 Å². The van der Waals surface area contributed by atoms with E-state index in [9.17, 15) is 23.1 Å². The zero-order valence-corrected chi connectivity index (χ0v) is 25.6. The molecule has 1 unspecified atom stereocenters. The summed E-state index contributed by atoms with van der Waals surface area (Å²) in [6, 6.07) is 0. The molecule has 0 bridgehead atoms. The highest BCUT2D eigenvalue weighted by Gasteiger charge is 2.47. The Morgan fingerprint density at radius 1 is 0.812 bits per heavy atom. The monoisotopic (exact) mass is 570 g/mol. The second-order valence-electron chi connectivity index (χ2n) is 6.44. The molecular weight excluding hydrogens is 534 g/mol. The molecule has 32 heavy (non-hydrogen) atoms. The molecule has 1 radical (unpaired) electrons. The van der Waals surface area contributed by atoms with Crippen LogP contribution in [-0.4, -0.2) is 85.6 Å². The van der Waals surface area contributed by atoms with E-state index >= 15 is 0 Å². The van der Waals surface area contributed by atoms with Gasteiger partial charge in [-0.15, -0.1) is 0 Å². The minimum Gasteiger partial charge on any atom is -0.572 e. The van der Waals surface area contributed by atoms with Gasteiger partial charge in [0.2, 0.25) is 0 Å². The van der Waals surface area contributed by atoms with Gasteiger partial charge in [-0.3, -0.25) is 22.1 Å². The first-order valence-electron chi connectivity index (χ1n) is 10.4. The molecule has 0 aliphatic carbocycles. The molecule has 0 aromatic carbocycles. The first-order chi connectivity index (χ1) is 14.4. The molecule has 17 heteroatoms. The van der Waals surface area contributed by atoms with Crippen molar-refractivity contribution in [1.82, 2.24) is 0 Å². The predicted octanol–water partition coefficient (Wildman–Crippen LogP) is 4.38. The largest absolute Gasteiger partial charge is 1.01 e. The van der Waals surface area contributed by atoms with Crippen molar-refractivity contribution < 1.29 is 46.6 Å². The second-order valence-corrected chi connectivity index (χ2v) is 20.6. The molecule has 0 saturated carbocycles. The molecular formula is C15H36Al2O11P4+. The lowest BCUT2D eigenvalue weighted by Gasteiger charge is -2.23. The molecule has 0 aromatic rings. The number of carbonyl (C=O) groups excluding carboxylic acids is 1. The van der Waals surface area contributed by atoms with E-state index in [1.807, 2.05) is 0 Å². The summed E-state index contributed by atoms with van der Waals surface area (Å²) >= 11 is -4.47. The van der Waals surface area contributed by atoms with E-state index in [4.69, 9.17) is 18.1 Å². The quantitative estimate of drug-likeness (QED) is 0.171. The van der Waals surface area contributed by atoms with Crippen LogP contribution in [0.3, 0.4) is 0 Å². The van der Waals surface area contributed by atoms with Crippen LogP contribution in [0.2, 0.25) is 0 Å². The highest BCUT2D eigenvalue weighted by Crippen LogP contribution is 2.51. The van der Waals surface area contributed by atoms with Gasteiger partial charge in [0.1, 0.15) is 0 Å². The molecule has 187 valence electrons. The van der Waals surface area contributed by atoms with Crippen LogP contribution in [0.25, 0.3) is 0 Å². The van der Waals surface area contributed by atoms with E-state index in [0.29, 0.717) is 12.3 Å². The third-order valence-corrected chi connectivity index (χ3v) is 19.0. The Bertz CT molecular complexity index is 669. The van der Waals surface area contributed by atoms with Crippen LogP contribution in [0, 0.1) is 0 Å². The number of hydrogen-bond acceptors (Lipinski definition) is 10. The van der Waals surface area contributed by atoms with Crippen molar-refractivity contribution >= 4 is 67.1 Å². The maximum absolute atomic E-state index is 12.7. The molecule has 0 saturated heterocycles. The molecule has 0 rings (SSSR count). The minimum absolute atomic E-state index is 0. The van der Waals surface area contributed by atoms with Gasteiger partial charge in [0.05, 0.1) is 6.42 Å². The highest BCUT2D eigenvalue weighted by atomic mass is 31.2. The molecule has 0 aliphatic heterocycles. The summed E-state index contributed by atoms with van der Waals surface area (Å²) in [6.45, 7) is 10.3. The normalized spacial score (nSPS) is 12.6. The van der Waals surface area contributed by atoms with Crippen molar-refractivity contribution in [3.63, 3.8) is 0 Å². The summed E-state index contributed by atoms with van der Waals surface area (Å²) in [5.41, 5.74) is 0. The van der Waals surface area contributed by atoms with Crippen molar-refractivity contribution in [1.29, 1.82) is 0 Å². The first kappa shape index (κ1) is 35.3. The Kier molecular flexibility index (Phi) is 19.3. The van der Waals surface area contributed by atoms with Crippen molar-refractivity contribution in [3.8, 4) is 0 Å². The molecule has 0 aliphatic rings. The standard InChI is InChI=1S/3C4H11O2P.C3H5O4P.2Al.H2O/c3*1-3-7(5,6)4-2;4-3(5)1-2-8(6)7;;;/h3*3-4H2,1-2H3,(H,5,6);1-2H2,(H,4,5);;;1H2/q;;;;+2;+3;/p-4. The fraction of sp³-hybridized carbons (Fsp3) is 0.933. The van der Waals surface area contributed by atoms with E-state index in [1.54, 1.807) is 41.5 Å². The Labute approximate surface area is 204 Å². The number of hydrogen-bond donors (Lipinski definition) is 0. The fourth-order valence-corrected chi connectivity index (χ4v) is 12.9. The maximum Gasteiger partial charge on any atom is 1.01 e. The van der Waals surface area contributed by atoms with Crippen LogP contribution >= 0.6 is 30.1 Å². The van der Waals surface area contributed by atoms with E-state index in [1.165, 1.54) is 0 Å². The van der Waals surface area contributed by atoms with Gasteiger partial charge in [0, 0.05) is 37.0 Å². The van der Waals surface area contributed by atoms with Gasteiger partial charge in [-0.2, -0.15) is 0 Å².